The molecule has 0 spiro atoms. The first-order chi connectivity index (χ1) is 4.00. The van der Waals surface area contributed by atoms with Gasteiger partial charge in [-0.15, -0.1) is 0 Å². The maximum Gasteiger partial charge on any atom is 4.00 e. The van der Waals surface area contributed by atoms with Gasteiger partial charge in [0.15, 0.2) is 0 Å². The van der Waals surface area contributed by atoms with E-state index in [0.717, 1.165) is 0 Å². The molecule has 0 rings (SSSR count). The summed E-state index contributed by atoms with van der Waals surface area (Å²) in [6.45, 7) is 20.0. The van der Waals surface area contributed by atoms with Gasteiger partial charge in [0.25, 0.3) is 0 Å². The second-order valence-corrected chi connectivity index (χ2v) is 0. The molecule has 60 valence electrons. The first kappa shape index (κ1) is 40.1. The molecule has 0 aromatic rings. The fourth-order valence-corrected chi connectivity index (χ4v) is 0. The molecule has 0 amide bonds. The van der Waals surface area contributed by atoms with Gasteiger partial charge in [0.2, 0.25) is 0 Å². The van der Waals surface area contributed by atoms with Crippen molar-refractivity contribution in [3.63, 3.8) is 0 Å². The standard InChI is InChI=1S/4C2H5.Ce.Ti/c4*1-2;;/h4*1H2,2H3;;/q4*-1;;+4. The van der Waals surface area contributed by atoms with Crippen molar-refractivity contribution in [3.05, 3.63) is 27.7 Å². The van der Waals surface area contributed by atoms with Crippen LogP contribution in [0.5, 0.6) is 0 Å². The van der Waals surface area contributed by atoms with E-state index in [0.29, 0.717) is 0 Å². The summed E-state index contributed by atoms with van der Waals surface area (Å²) in [7, 11) is 0. The zero-order valence-corrected chi connectivity index (χ0v) is 12.5. The summed E-state index contributed by atoms with van der Waals surface area (Å²) < 4.78 is 0. The molecular weight excluding hydrogens is 284 g/mol. The molecule has 0 radical (unpaired) electrons. The van der Waals surface area contributed by atoms with Crippen LogP contribution in [0.1, 0.15) is 27.7 Å². The molecule has 0 unspecified atom stereocenters. The Balaban J connectivity index is -0.00000000500. The minimum atomic E-state index is 0. The summed E-state index contributed by atoms with van der Waals surface area (Å²) in [5, 5.41) is 0. The third-order valence-corrected chi connectivity index (χ3v) is 0. The Hall–Kier alpha value is 2.09. The Kier molecular flexibility index (Phi) is 1040. The van der Waals surface area contributed by atoms with Crippen molar-refractivity contribution in [3.8, 4) is 0 Å². The summed E-state index contributed by atoms with van der Waals surface area (Å²) in [5.41, 5.74) is 0. The van der Waals surface area contributed by atoms with Crippen molar-refractivity contribution in [2.24, 2.45) is 0 Å². The molecule has 0 fully saturated rings. The van der Waals surface area contributed by atoms with Gasteiger partial charge < -0.3 is 27.7 Å². The van der Waals surface area contributed by atoms with Gasteiger partial charge in [-0.2, -0.15) is 27.7 Å². The van der Waals surface area contributed by atoms with Crippen LogP contribution in [0.2, 0.25) is 0 Å². The SMILES string of the molecule is [CH2-]C.[CH2-]C.[CH2-]C.[CH2-]C.[Ce].[Ti+4]. The second kappa shape index (κ2) is 258. The van der Waals surface area contributed by atoms with Crippen molar-refractivity contribution in [2.45, 2.75) is 27.7 Å². The quantitative estimate of drug-likeness (QED) is 0.475. The van der Waals surface area contributed by atoms with Gasteiger partial charge in [-0.05, 0) is 0 Å². The summed E-state index contributed by atoms with van der Waals surface area (Å²) in [4.78, 5) is 0. The zero-order chi connectivity index (χ0) is 8.00. The zero-order valence-electron chi connectivity index (χ0n) is 7.83. The predicted molar refractivity (Wildman–Crippen MR) is 44.1 cm³/mol. The van der Waals surface area contributed by atoms with Crippen molar-refractivity contribution < 1.29 is 63.5 Å². The van der Waals surface area contributed by atoms with Crippen LogP contribution in [-0.4, -0.2) is 0 Å². The summed E-state index contributed by atoms with van der Waals surface area (Å²) in [5.74, 6) is 0. The van der Waals surface area contributed by atoms with Gasteiger partial charge in [-0.1, -0.05) is 0 Å². The van der Waals surface area contributed by atoms with Crippen molar-refractivity contribution in [2.75, 3.05) is 0 Å². The molecule has 0 aromatic heterocycles. The smallest absolute Gasteiger partial charge is 0.346 e. The van der Waals surface area contributed by atoms with Crippen molar-refractivity contribution >= 4 is 0 Å². The molecule has 0 nitrogen and oxygen atoms in total. The van der Waals surface area contributed by atoms with Crippen molar-refractivity contribution in [1.29, 1.82) is 0 Å². The Morgan fingerprint density at radius 2 is 0.500 bits per heavy atom. The molecule has 2 heteroatoms. The predicted octanol–water partition coefficient (Wildman–Crippen LogP) is 3.36. The van der Waals surface area contributed by atoms with E-state index in [1.54, 1.807) is 27.7 Å². The number of hydrogen-bond acceptors (Lipinski definition) is 0. The second-order valence-electron chi connectivity index (χ2n) is 0. The van der Waals surface area contributed by atoms with E-state index < -0.39 is 0 Å². The van der Waals surface area contributed by atoms with Crippen LogP contribution in [-0.2, 0) is 21.7 Å². The first-order valence-electron chi connectivity index (χ1n) is 2.83. The van der Waals surface area contributed by atoms with E-state index in [9.17, 15) is 0 Å². The summed E-state index contributed by atoms with van der Waals surface area (Å²) in [6.07, 6.45) is 0. The molecule has 0 N–H and O–H groups in total. The summed E-state index contributed by atoms with van der Waals surface area (Å²) in [6, 6.07) is 0. The van der Waals surface area contributed by atoms with Crippen LogP contribution >= 0.6 is 0 Å². The van der Waals surface area contributed by atoms with E-state index in [2.05, 4.69) is 27.7 Å². The Morgan fingerprint density at radius 3 is 0.500 bits per heavy atom. The van der Waals surface area contributed by atoms with Crippen LogP contribution in [0.25, 0.3) is 0 Å². The van der Waals surface area contributed by atoms with E-state index in [1.165, 1.54) is 0 Å². The third-order valence-electron chi connectivity index (χ3n) is 0. The van der Waals surface area contributed by atoms with Crippen LogP contribution in [0.3, 0.4) is 0 Å². The fourth-order valence-electron chi connectivity index (χ4n) is 0. The number of rotatable bonds is 0. The summed E-state index contributed by atoms with van der Waals surface area (Å²) >= 11 is 0. The first-order valence-corrected chi connectivity index (χ1v) is 2.83. The molecule has 0 bridgehead atoms. The molecule has 0 aromatic carbocycles. The van der Waals surface area contributed by atoms with Crippen LogP contribution in [0.15, 0.2) is 0 Å². The minimum Gasteiger partial charge on any atom is -0.346 e. The average Bonchev–Trinajstić information content (AvgIpc) is 2.03. The topological polar surface area (TPSA) is 0 Å². The van der Waals surface area contributed by atoms with Crippen molar-refractivity contribution in [1.82, 2.24) is 0 Å². The minimum absolute atomic E-state index is 0. The van der Waals surface area contributed by atoms with Gasteiger partial charge in [0.05, 0.1) is 0 Å². The molecular formula is C8H20CeTi. The molecule has 0 saturated heterocycles. The molecule has 0 saturated carbocycles. The molecule has 10 heavy (non-hydrogen) atoms. The average molecular weight is 304 g/mol. The molecule has 0 atom stereocenters. The maximum atomic E-state index is 3.25. The Bertz CT molecular complexity index is 9.22. The van der Waals surface area contributed by atoms with Crippen LogP contribution in [0.4, 0.5) is 0 Å². The Labute approximate surface area is 117 Å². The fraction of sp³-hybridized carbons (Fsp3) is 0.500. The molecule has 0 aliphatic heterocycles. The monoisotopic (exact) mass is 304 g/mol. The molecule has 0 aliphatic rings. The third kappa shape index (κ3) is 191. The van der Waals surface area contributed by atoms with E-state index >= 15 is 0 Å². The van der Waals surface area contributed by atoms with Gasteiger partial charge >= 0.3 is 21.7 Å². The van der Waals surface area contributed by atoms with Crippen LogP contribution in [0, 0.1) is 69.4 Å². The van der Waals surface area contributed by atoms with Gasteiger partial charge in [0.1, 0.15) is 0 Å². The normalized spacial score (nSPS) is 2.40. The van der Waals surface area contributed by atoms with Gasteiger partial charge in [-0.25, -0.2) is 0 Å². The Morgan fingerprint density at radius 1 is 0.500 bits per heavy atom. The van der Waals surface area contributed by atoms with E-state index in [1.807, 2.05) is 0 Å². The molecule has 0 aliphatic carbocycles. The van der Waals surface area contributed by atoms with Gasteiger partial charge in [-0.3, -0.25) is 0 Å². The maximum absolute atomic E-state index is 3.25. The van der Waals surface area contributed by atoms with E-state index in [4.69, 9.17) is 0 Å². The van der Waals surface area contributed by atoms with E-state index in [-0.39, 0.29) is 63.5 Å². The largest absolute Gasteiger partial charge is 4.00 e. The number of hydrogen-bond donors (Lipinski definition) is 0. The molecule has 0 heterocycles. The van der Waals surface area contributed by atoms with Gasteiger partial charge in [0, 0.05) is 41.7 Å². The van der Waals surface area contributed by atoms with Crippen LogP contribution < -0.4 is 0 Å².